The summed E-state index contributed by atoms with van der Waals surface area (Å²) in [6.07, 6.45) is 4.87. The summed E-state index contributed by atoms with van der Waals surface area (Å²) in [6.45, 7) is 3.50. The Morgan fingerprint density at radius 2 is 1.92 bits per heavy atom. The molecule has 134 valence electrons. The fourth-order valence-electron chi connectivity index (χ4n) is 2.97. The van der Waals surface area contributed by atoms with Gasteiger partial charge in [0.15, 0.2) is 11.6 Å². The topological polar surface area (TPSA) is 46.6 Å². The van der Waals surface area contributed by atoms with Crippen LogP contribution in [0.25, 0.3) is 0 Å². The fraction of sp³-hybridized carbons (Fsp3) is 0.333. The maximum atomic E-state index is 14.1. The van der Waals surface area contributed by atoms with Crippen molar-refractivity contribution in [1.82, 2.24) is 4.90 Å². The predicted molar refractivity (Wildman–Crippen MR) is 84.9 cm³/mol. The van der Waals surface area contributed by atoms with Crippen LogP contribution in [-0.2, 0) is 14.3 Å². The van der Waals surface area contributed by atoms with Crippen molar-refractivity contribution in [3.8, 4) is 0 Å². The van der Waals surface area contributed by atoms with Crippen molar-refractivity contribution < 1.29 is 27.5 Å². The zero-order valence-corrected chi connectivity index (χ0v) is 13.7. The summed E-state index contributed by atoms with van der Waals surface area (Å²) in [6, 6.07) is 0.00729. The molecular formula is C18H18F3NO3. The Bertz CT molecular complexity index is 718. The van der Waals surface area contributed by atoms with Gasteiger partial charge in [0.1, 0.15) is 5.82 Å². The third kappa shape index (κ3) is 4.10. The minimum Gasteiger partial charge on any atom is -0.466 e. The number of likely N-dealkylation sites (tertiary alicyclic amines) is 1. The molecule has 0 saturated carbocycles. The number of methoxy groups -OCH3 is 1. The highest BCUT2D eigenvalue weighted by atomic mass is 19.2. The number of nitrogens with zero attached hydrogens (tertiary/aromatic N) is 1. The van der Waals surface area contributed by atoms with Gasteiger partial charge in [-0.05, 0) is 18.9 Å². The lowest BCUT2D eigenvalue weighted by atomic mass is 10.0. The summed E-state index contributed by atoms with van der Waals surface area (Å²) in [7, 11) is 1.22. The molecule has 0 spiro atoms. The predicted octanol–water partition coefficient (Wildman–Crippen LogP) is 3.44. The number of hydrogen-bond donors (Lipinski definition) is 0. The molecule has 7 heteroatoms. The quantitative estimate of drug-likeness (QED) is 0.353. The van der Waals surface area contributed by atoms with Gasteiger partial charge in [-0.25, -0.2) is 18.0 Å². The number of halogens is 3. The third-order valence-electron chi connectivity index (χ3n) is 4.09. The molecule has 1 aromatic rings. The van der Waals surface area contributed by atoms with E-state index in [9.17, 15) is 22.8 Å². The average molecular weight is 353 g/mol. The molecule has 0 aromatic heterocycles. The average Bonchev–Trinajstić information content (AvgIpc) is 2.99. The molecule has 25 heavy (non-hydrogen) atoms. The molecule has 1 heterocycles. The summed E-state index contributed by atoms with van der Waals surface area (Å²) in [5.74, 6) is -4.32. The molecule has 1 fully saturated rings. The highest BCUT2D eigenvalue weighted by Crippen LogP contribution is 2.38. The molecule has 0 N–H and O–H groups in total. The summed E-state index contributed by atoms with van der Waals surface area (Å²) in [5, 5.41) is 0. The Balaban J connectivity index is 2.38. The van der Waals surface area contributed by atoms with Gasteiger partial charge in [0, 0.05) is 24.1 Å². The number of rotatable bonds is 5. The number of amides is 1. The first kappa shape index (κ1) is 18.8. The van der Waals surface area contributed by atoms with Crippen molar-refractivity contribution in [1.29, 1.82) is 0 Å². The maximum Gasteiger partial charge on any atom is 0.330 e. The van der Waals surface area contributed by atoms with Gasteiger partial charge >= 0.3 is 5.97 Å². The summed E-state index contributed by atoms with van der Waals surface area (Å²) in [4.78, 5) is 25.1. The number of carbonyl (C=O) groups excluding carboxylic acids is 2. The normalized spacial score (nSPS) is 20.1. The van der Waals surface area contributed by atoms with Gasteiger partial charge < -0.3 is 9.64 Å². The highest BCUT2D eigenvalue weighted by Gasteiger charge is 2.37. The van der Waals surface area contributed by atoms with E-state index in [0.29, 0.717) is 18.9 Å². The molecule has 1 aromatic carbocycles. The molecule has 0 bridgehead atoms. The lowest BCUT2D eigenvalue weighted by Crippen LogP contribution is -2.36. The zero-order valence-electron chi connectivity index (χ0n) is 13.7. The van der Waals surface area contributed by atoms with E-state index in [2.05, 4.69) is 11.3 Å². The highest BCUT2D eigenvalue weighted by molar-refractivity contribution is 5.82. The zero-order chi connectivity index (χ0) is 18.6. The number of benzene rings is 1. The van der Waals surface area contributed by atoms with Crippen LogP contribution >= 0.6 is 0 Å². The van der Waals surface area contributed by atoms with E-state index in [1.54, 1.807) is 0 Å². The number of ether oxygens (including phenoxy) is 1. The molecule has 0 radical (unpaired) electrons. The van der Waals surface area contributed by atoms with Crippen molar-refractivity contribution in [2.45, 2.75) is 31.3 Å². The second-order valence-electron chi connectivity index (χ2n) is 5.62. The Hall–Kier alpha value is -2.57. The Morgan fingerprint density at radius 3 is 2.56 bits per heavy atom. The van der Waals surface area contributed by atoms with Crippen LogP contribution in [0.2, 0.25) is 0 Å². The molecule has 1 aliphatic heterocycles. The minimum atomic E-state index is -1.29. The first-order valence-corrected chi connectivity index (χ1v) is 7.71. The lowest BCUT2D eigenvalue weighted by Gasteiger charge is -2.29. The van der Waals surface area contributed by atoms with E-state index in [1.807, 2.05) is 0 Å². The monoisotopic (exact) mass is 353 g/mol. The summed E-state index contributed by atoms with van der Waals surface area (Å²) >= 11 is 0. The third-order valence-corrected chi connectivity index (χ3v) is 4.09. The number of carbonyl (C=O) groups is 2. The van der Waals surface area contributed by atoms with Crippen molar-refractivity contribution in [2.75, 3.05) is 7.11 Å². The molecule has 0 aliphatic carbocycles. The largest absolute Gasteiger partial charge is 0.466 e. The minimum absolute atomic E-state index is 0.00433. The number of esters is 1. The molecule has 1 amide bonds. The molecular weight excluding hydrogens is 335 g/mol. The number of hydrogen-bond acceptors (Lipinski definition) is 3. The van der Waals surface area contributed by atoms with Crippen LogP contribution in [0, 0.1) is 17.5 Å². The molecule has 4 nitrogen and oxygen atoms in total. The molecule has 2 rings (SSSR count). The molecule has 2 atom stereocenters. The van der Waals surface area contributed by atoms with Gasteiger partial charge in [0.05, 0.1) is 19.2 Å². The van der Waals surface area contributed by atoms with Crippen molar-refractivity contribution in [3.05, 3.63) is 60.0 Å². The second-order valence-corrected chi connectivity index (χ2v) is 5.62. The lowest BCUT2D eigenvalue weighted by molar-refractivity contribution is -0.135. The van der Waals surface area contributed by atoms with Crippen LogP contribution in [0.3, 0.4) is 0 Å². The Labute approximate surface area is 143 Å². The van der Waals surface area contributed by atoms with E-state index in [0.717, 1.165) is 6.07 Å². The van der Waals surface area contributed by atoms with Gasteiger partial charge in [-0.2, -0.15) is 0 Å². The molecule has 0 unspecified atom stereocenters. The van der Waals surface area contributed by atoms with Gasteiger partial charge in [0.2, 0.25) is 5.91 Å². The molecule has 1 aliphatic rings. The van der Waals surface area contributed by atoms with Gasteiger partial charge in [-0.15, -0.1) is 6.58 Å². The summed E-state index contributed by atoms with van der Waals surface area (Å²) < 4.78 is 45.4. The van der Waals surface area contributed by atoms with Crippen LogP contribution in [0.5, 0.6) is 0 Å². The van der Waals surface area contributed by atoms with Crippen LogP contribution < -0.4 is 0 Å². The van der Waals surface area contributed by atoms with Gasteiger partial charge in [-0.1, -0.05) is 12.2 Å². The van der Waals surface area contributed by atoms with Gasteiger partial charge in [0.25, 0.3) is 0 Å². The van der Waals surface area contributed by atoms with Crippen molar-refractivity contribution in [3.63, 3.8) is 0 Å². The first-order valence-electron chi connectivity index (χ1n) is 7.71. The summed E-state index contributed by atoms with van der Waals surface area (Å²) in [5.41, 5.74) is -0.0923. The van der Waals surface area contributed by atoms with Crippen LogP contribution in [0.1, 0.15) is 30.9 Å². The molecule has 1 saturated heterocycles. The second kappa shape index (κ2) is 8.00. The SMILES string of the molecule is C=CCC(=O)N1[C@@H](/C=C/C(=O)OC)CC[C@H]1c1cc(F)c(F)cc1F. The van der Waals surface area contributed by atoms with E-state index in [1.165, 1.54) is 30.2 Å². The van der Waals surface area contributed by atoms with Gasteiger partial charge in [-0.3, -0.25) is 4.79 Å². The van der Waals surface area contributed by atoms with Crippen molar-refractivity contribution in [2.24, 2.45) is 0 Å². The van der Waals surface area contributed by atoms with Crippen LogP contribution in [0.15, 0.2) is 36.9 Å². The van der Waals surface area contributed by atoms with E-state index in [4.69, 9.17) is 0 Å². The van der Waals surface area contributed by atoms with E-state index < -0.39 is 35.5 Å². The fourth-order valence-corrected chi connectivity index (χ4v) is 2.97. The van der Waals surface area contributed by atoms with E-state index in [-0.39, 0.29) is 17.9 Å². The standard InChI is InChI=1S/C18H18F3NO3/c1-3-4-17(23)22-11(6-8-18(24)25-2)5-7-16(22)12-9-14(20)15(21)10-13(12)19/h3,6,8-11,16H,1,4-5,7H2,2H3/b8-6+/t11-,16+/m1/s1. The van der Waals surface area contributed by atoms with E-state index >= 15 is 0 Å². The van der Waals surface area contributed by atoms with Crippen molar-refractivity contribution >= 4 is 11.9 Å². The van der Waals surface area contributed by atoms with Crippen LogP contribution in [-0.4, -0.2) is 29.9 Å². The maximum absolute atomic E-state index is 14.1. The van der Waals surface area contributed by atoms with Crippen LogP contribution in [0.4, 0.5) is 13.2 Å². The Morgan fingerprint density at radius 1 is 1.24 bits per heavy atom. The Kier molecular flexibility index (Phi) is 6.01. The smallest absolute Gasteiger partial charge is 0.330 e. The first-order chi connectivity index (χ1) is 11.9.